The quantitative estimate of drug-likeness (QED) is 0.874. The van der Waals surface area contributed by atoms with E-state index in [9.17, 15) is 0 Å². The maximum Gasteiger partial charge on any atom is 0.228 e. The van der Waals surface area contributed by atoms with Gasteiger partial charge in [0, 0.05) is 26.1 Å². The van der Waals surface area contributed by atoms with Gasteiger partial charge in [-0.3, -0.25) is 0 Å². The van der Waals surface area contributed by atoms with Crippen molar-refractivity contribution in [3.8, 4) is 0 Å². The first-order valence-electron chi connectivity index (χ1n) is 7.98. The van der Waals surface area contributed by atoms with Crippen LogP contribution in [0.2, 0.25) is 0 Å². The van der Waals surface area contributed by atoms with Crippen LogP contribution in [0.5, 0.6) is 0 Å². The Labute approximate surface area is 127 Å². The summed E-state index contributed by atoms with van der Waals surface area (Å²) in [5, 5.41) is 7.55. The molecule has 120 valence electrons. The third kappa shape index (κ3) is 4.04. The Morgan fingerprint density at radius 3 is 2.48 bits per heavy atom. The minimum absolute atomic E-state index is 0.358. The van der Waals surface area contributed by atoms with E-state index in [-0.39, 0.29) is 5.60 Å². The Balaban J connectivity index is 2.01. The minimum Gasteiger partial charge on any atom is -0.370 e. The van der Waals surface area contributed by atoms with Gasteiger partial charge in [0.15, 0.2) is 0 Å². The summed E-state index contributed by atoms with van der Waals surface area (Å²) in [6, 6.07) is 0.471. The predicted molar refractivity (Wildman–Crippen MR) is 82.1 cm³/mol. The summed E-state index contributed by atoms with van der Waals surface area (Å²) in [4.78, 5) is 4.58. The number of rotatable bonds is 6. The second kappa shape index (κ2) is 6.44. The number of nitrogens with one attached hydrogen (secondary N) is 1. The van der Waals surface area contributed by atoms with Crippen LogP contribution in [0.1, 0.15) is 65.1 Å². The number of aromatic nitrogens is 2. The average molecular weight is 295 g/mol. The second-order valence-electron chi connectivity index (χ2n) is 7.23. The molecule has 1 heterocycles. The Morgan fingerprint density at radius 2 is 1.90 bits per heavy atom. The molecule has 1 aromatic rings. The van der Waals surface area contributed by atoms with Crippen LogP contribution in [-0.2, 0) is 16.8 Å². The lowest BCUT2D eigenvalue weighted by Gasteiger charge is -2.40. The van der Waals surface area contributed by atoms with E-state index in [2.05, 4.69) is 43.2 Å². The Hall–Kier alpha value is -0.940. The molecule has 0 atom stereocenters. The number of hydrogen-bond donors (Lipinski definition) is 1. The second-order valence-corrected chi connectivity index (χ2v) is 7.23. The molecule has 1 fully saturated rings. The molecule has 0 unspecified atom stereocenters. The molecule has 0 spiro atoms. The zero-order chi connectivity index (χ0) is 15.5. The molecular formula is C16H29N3O2. The zero-order valence-electron chi connectivity index (χ0n) is 14.0. The summed E-state index contributed by atoms with van der Waals surface area (Å²) < 4.78 is 11.2. The van der Waals surface area contributed by atoms with E-state index in [1.165, 1.54) is 0 Å². The van der Waals surface area contributed by atoms with Gasteiger partial charge in [-0.15, -0.1) is 0 Å². The molecule has 0 saturated heterocycles. The van der Waals surface area contributed by atoms with E-state index >= 15 is 0 Å². The van der Waals surface area contributed by atoms with Gasteiger partial charge in [-0.1, -0.05) is 32.9 Å². The molecule has 1 saturated carbocycles. The fraction of sp³-hybridized carbons (Fsp3) is 0.875. The Kier molecular flexibility index (Phi) is 5.04. The van der Waals surface area contributed by atoms with Crippen LogP contribution in [-0.4, -0.2) is 29.8 Å². The molecule has 1 aliphatic carbocycles. The van der Waals surface area contributed by atoms with Crippen molar-refractivity contribution in [3.05, 3.63) is 11.7 Å². The molecule has 1 N–H and O–H groups in total. The summed E-state index contributed by atoms with van der Waals surface area (Å²) in [6.45, 7) is 9.73. The molecule has 0 amide bonds. The molecule has 0 aromatic carbocycles. The lowest BCUT2D eigenvalue weighted by atomic mass is 9.70. The van der Waals surface area contributed by atoms with Gasteiger partial charge in [-0.25, -0.2) is 0 Å². The minimum atomic E-state index is -0.358. The summed E-state index contributed by atoms with van der Waals surface area (Å²) >= 11 is 0. The van der Waals surface area contributed by atoms with Gasteiger partial charge in [-0.05, 0) is 31.1 Å². The molecule has 1 aromatic heterocycles. The molecule has 2 rings (SSSR count). The zero-order valence-corrected chi connectivity index (χ0v) is 14.0. The fourth-order valence-electron chi connectivity index (χ4n) is 2.86. The summed E-state index contributed by atoms with van der Waals surface area (Å²) in [5.74, 6) is 1.42. The summed E-state index contributed by atoms with van der Waals surface area (Å²) in [5.41, 5.74) is 0.0263. The van der Waals surface area contributed by atoms with Crippen molar-refractivity contribution in [2.45, 2.75) is 71.4 Å². The van der Waals surface area contributed by atoms with Crippen LogP contribution < -0.4 is 5.32 Å². The standard InChI is InChI=1S/C16H29N3O2/c1-12(2)17-11-6-13-18-14(19-21-13)16(20-5)9-7-15(3,4)8-10-16/h12,17H,6-11H2,1-5H3. The van der Waals surface area contributed by atoms with Gasteiger partial charge in [0.2, 0.25) is 11.7 Å². The van der Waals surface area contributed by atoms with Crippen LogP contribution in [0.3, 0.4) is 0 Å². The SMILES string of the molecule is COC1(c2noc(CCNC(C)C)n2)CCC(C)(C)CC1. The highest BCUT2D eigenvalue weighted by Gasteiger charge is 2.43. The smallest absolute Gasteiger partial charge is 0.228 e. The molecule has 0 aliphatic heterocycles. The molecule has 0 radical (unpaired) electrons. The van der Waals surface area contributed by atoms with Crippen molar-refractivity contribution >= 4 is 0 Å². The van der Waals surface area contributed by atoms with Crippen molar-refractivity contribution in [2.75, 3.05) is 13.7 Å². The van der Waals surface area contributed by atoms with Crippen molar-refractivity contribution in [2.24, 2.45) is 5.41 Å². The Bertz CT molecular complexity index is 444. The number of methoxy groups -OCH3 is 1. The molecule has 5 heteroatoms. The molecule has 1 aliphatic rings. The lowest BCUT2D eigenvalue weighted by Crippen LogP contribution is -2.37. The van der Waals surface area contributed by atoms with Crippen LogP contribution in [0, 0.1) is 5.41 Å². The normalized spacial score (nSPS) is 20.9. The third-order valence-electron chi connectivity index (χ3n) is 4.57. The van der Waals surface area contributed by atoms with E-state index in [0.29, 0.717) is 17.3 Å². The maximum absolute atomic E-state index is 5.81. The lowest BCUT2D eigenvalue weighted by molar-refractivity contribution is -0.0740. The van der Waals surface area contributed by atoms with Gasteiger partial charge in [0.05, 0.1) is 0 Å². The molecule has 5 nitrogen and oxygen atoms in total. The number of ether oxygens (including phenoxy) is 1. The van der Waals surface area contributed by atoms with Gasteiger partial charge >= 0.3 is 0 Å². The molecular weight excluding hydrogens is 266 g/mol. The van der Waals surface area contributed by atoms with Crippen LogP contribution in [0.25, 0.3) is 0 Å². The first kappa shape index (κ1) is 16.4. The van der Waals surface area contributed by atoms with Gasteiger partial charge in [0.1, 0.15) is 5.60 Å². The highest BCUT2D eigenvalue weighted by atomic mass is 16.5. The Morgan fingerprint density at radius 1 is 1.24 bits per heavy atom. The molecule has 21 heavy (non-hydrogen) atoms. The van der Waals surface area contributed by atoms with Gasteiger partial charge in [-0.2, -0.15) is 4.98 Å². The number of hydrogen-bond acceptors (Lipinski definition) is 5. The highest BCUT2D eigenvalue weighted by molar-refractivity contribution is 5.05. The summed E-state index contributed by atoms with van der Waals surface area (Å²) in [7, 11) is 1.76. The van der Waals surface area contributed by atoms with E-state index in [1.807, 2.05) is 0 Å². The number of nitrogens with zero attached hydrogens (tertiary/aromatic N) is 2. The average Bonchev–Trinajstić information content (AvgIpc) is 2.88. The van der Waals surface area contributed by atoms with E-state index in [0.717, 1.165) is 44.5 Å². The topological polar surface area (TPSA) is 60.2 Å². The van der Waals surface area contributed by atoms with Crippen LogP contribution in [0.4, 0.5) is 0 Å². The van der Waals surface area contributed by atoms with Crippen LogP contribution >= 0.6 is 0 Å². The van der Waals surface area contributed by atoms with Crippen molar-refractivity contribution < 1.29 is 9.26 Å². The summed E-state index contributed by atoms with van der Waals surface area (Å²) in [6.07, 6.45) is 4.93. The first-order chi connectivity index (χ1) is 9.87. The highest BCUT2D eigenvalue weighted by Crippen LogP contribution is 2.46. The largest absolute Gasteiger partial charge is 0.370 e. The van der Waals surface area contributed by atoms with Crippen molar-refractivity contribution in [1.82, 2.24) is 15.5 Å². The third-order valence-corrected chi connectivity index (χ3v) is 4.57. The molecule has 0 bridgehead atoms. The monoisotopic (exact) mass is 295 g/mol. The van der Waals surface area contributed by atoms with E-state index in [1.54, 1.807) is 7.11 Å². The first-order valence-corrected chi connectivity index (χ1v) is 7.98. The fourth-order valence-corrected chi connectivity index (χ4v) is 2.86. The van der Waals surface area contributed by atoms with E-state index < -0.39 is 0 Å². The van der Waals surface area contributed by atoms with Crippen molar-refractivity contribution in [1.29, 1.82) is 0 Å². The van der Waals surface area contributed by atoms with E-state index in [4.69, 9.17) is 9.26 Å². The van der Waals surface area contributed by atoms with Gasteiger partial charge in [0.25, 0.3) is 0 Å². The van der Waals surface area contributed by atoms with Gasteiger partial charge < -0.3 is 14.6 Å². The maximum atomic E-state index is 5.81. The van der Waals surface area contributed by atoms with Crippen molar-refractivity contribution in [3.63, 3.8) is 0 Å². The predicted octanol–water partition coefficient (Wildman–Crippen LogP) is 3.05. The van der Waals surface area contributed by atoms with Crippen LogP contribution in [0.15, 0.2) is 4.52 Å².